The Hall–Kier alpha value is -3.24. The highest BCUT2D eigenvalue weighted by molar-refractivity contribution is 7.10. The van der Waals surface area contributed by atoms with Crippen molar-refractivity contribution in [3.8, 4) is 0 Å². The number of hydrogen-bond donors (Lipinski definition) is 0. The maximum atomic E-state index is 13.6. The van der Waals surface area contributed by atoms with Crippen LogP contribution in [0.25, 0.3) is 0 Å². The number of nitrogens with zero attached hydrogens (tertiary/aromatic N) is 2. The largest absolute Gasteiger partial charge is 0.416 e. The van der Waals surface area contributed by atoms with E-state index in [4.69, 9.17) is 4.74 Å². The van der Waals surface area contributed by atoms with Gasteiger partial charge in [0, 0.05) is 30.1 Å². The Labute approximate surface area is 222 Å². The van der Waals surface area contributed by atoms with Crippen LogP contribution in [0.2, 0.25) is 0 Å². The molecule has 1 fully saturated rings. The zero-order valence-corrected chi connectivity index (χ0v) is 21.7. The van der Waals surface area contributed by atoms with Crippen molar-refractivity contribution in [2.45, 2.75) is 45.1 Å². The van der Waals surface area contributed by atoms with Gasteiger partial charge in [-0.15, -0.1) is 11.3 Å². The van der Waals surface area contributed by atoms with Crippen LogP contribution in [0.4, 0.5) is 17.6 Å². The van der Waals surface area contributed by atoms with Gasteiger partial charge in [-0.3, -0.25) is 9.59 Å². The van der Waals surface area contributed by atoms with Crippen molar-refractivity contribution < 1.29 is 31.9 Å². The van der Waals surface area contributed by atoms with Crippen molar-refractivity contribution in [1.29, 1.82) is 0 Å². The van der Waals surface area contributed by atoms with Gasteiger partial charge in [-0.1, -0.05) is 18.2 Å². The van der Waals surface area contributed by atoms with Gasteiger partial charge in [0.25, 0.3) is 5.91 Å². The Kier molecular flexibility index (Phi) is 8.83. The highest BCUT2D eigenvalue weighted by Crippen LogP contribution is 2.30. The molecule has 202 valence electrons. The Morgan fingerprint density at radius 3 is 2.45 bits per heavy atom. The summed E-state index contributed by atoms with van der Waals surface area (Å²) in [6.07, 6.45) is -3.41. The van der Waals surface area contributed by atoms with Gasteiger partial charge >= 0.3 is 6.18 Å². The number of amides is 2. The average Bonchev–Trinajstić information content (AvgIpc) is 3.55. The van der Waals surface area contributed by atoms with E-state index in [9.17, 15) is 27.2 Å². The normalized spacial score (nSPS) is 15.4. The summed E-state index contributed by atoms with van der Waals surface area (Å²) >= 11 is 1.50. The highest BCUT2D eigenvalue weighted by Gasteiger charge is 2.32. The molecular weight excluding hydrogens is 520 g/mol. The van der Waals surface area contributed by atoms with Crippen molar-refractivity contribution >= 4 is 23.2 Å². The van der Waals surface area contributed by atoms with Crippen LogP contribution >= 0.6 is 11.3 Å². The zero-order chi connectivity index (χ0) is 27.3. The van der Waals surface area contributed by atoms with Crippen molar-refractivity contribution in [3.63, 3.8) is 0 Å². The molecule has 0 N–H and O–H groups in total. The van der Waals surface area contributed by atoms with Crippen molar-refractivity contribution in [2.24, 2.45) is 0 Å². The Balaban J connectivity index is 1.59. The maximum absolute atomic E-state index is 13.6. The molecule has 0 spiro atoms. The number of carbonyl (C=O) groups excluding carboxylic acids is 2. The van der Waals surface area contributed by atoms with Crippen LogP contribution in [-0.4, -0.2) is 47.4 Å². The third kappa shape index (κ3) is 7.20. The highest BCUT2D eigenvalue weighted by atomic mass is 32.1. The number of halogens is 4. The van der Waals surface area contributed by atoms with E-state index in [1.54, 1.807) is 17.0 Å². The summed E-state index contributed by atoms with van der Waals surface area (Å²) in [4.78, 5) is 30.9. The van der Waals surface area contributed by atoms with Gasteiger partial charge in [-0.05, 0) is 72.7 Å². The molecule has 1 saturated heterocycles. The summed E-state index contributed by atoms with van der Waals surface area (Å²) in [7, 11) is 0. The fraction of sp³-hybridized carbons (Fsp3) is 0.357. The molecule has 1 unspecified atom stereocenters. The summed E-state index contributed by atoms with van der Waals surface area (Å²) in [5, 5.41) is 1.92. The molecule has 2 aromatic carbocycles. The lowest BCUT2D eigenvalue weighted by Crippen LogP contribution is -2.45. The molecule has 0 aliphatic carbocycles. The van der Waals surface area contributed by atoms with E-state index in [1.165, 1.54) is 40.5 Å². The Morgan fingerprint density at radius 2 is 1.82 bits per heavy atom. The van der Waals surface area contributed by atoms with Crippen LogP contribution in [0.15, 0.2) is 60.0 Å². The van der Waals surface area contributed by atoms with E-state index in [2.05, 4.69) is 0 Å². The van der Waals surface area contributed by atoms with Crippen LogP contribution in [-0.2, 0) is 28.8 Å². The lowest BCUT2D eigenvalue weighted by Gasteiger charge is -2.29. The van der Waals surface area contributed by atoms with E-state index in [0.29, 0.717) is 18.6 Å². The fourth-order valence-electron chi connectivity index (χ4n) is 4.31. The van der Waals surface area contributed by atoms with Crippen LogP contribution in [0, 0.1) is 12.7 Å². The molecule has 2 amide bonds. The smallest absolute Gasteiger partial charge is 0.376 e. The second-order valence-electron chi connectivity index (χ2n) is 9.30. The van der Waals surface area contributed by atoms with Gasteiger partial charge in [-0.25, -0.2) is 4.39 Å². The van der Waals surface area contributed by atoms with E-state index in [-0.39, 0.29) is 43.8 Å². The number of ether oxygens (including phenoxy) is 1. The first-order valence-electron chi connectivity index (χ1n) is 12.2. The zero-order valence-electron chi connectivity index (χ0n) is 20.8. The third-order valence-corrected chi connectivity index (χ3v) is 7.45. The van der Waals surface area contributed by atoms with E-state index in [1.807, 2.05) is 18.4 Å². The van der Waals surface area contributed by atoms with Gasteiger partial charge in [-0.2, -0.15) is 13.2 Å². The van der Waals surface area contributed by atoms with E-state index < -0.39 is 23.5 Å². The van der Waals surface area contributed by atoms with Gasteiger partial charge < -0.3 is 14.5 Å². The summed E-state index contributed by atoms with van der Waals surface area (Å²) in [6, 6.07) is 12.0. The monoisotopic (exact) mass is 548 g/mol. The first-order valence-corrected chi connectivity index (χ1v) is 13.1. The quantitative estimate of drug-likeness (QED) is 0.305. The molecule has 1 aromatic heterocycles. The maximum Gasteiger partial charge on any atom is 0.416 e. The van der Waals surface area contributed by atoms with E-state index in [0.717, 1.165) is 29.0 Å². The first kappa shape index (κ1) is 27.8. The lowest BCUT2D eigenvalue weighted by molar-refractivity contribution is -0.137. The number of hydrogen-bond acceptors (Lipinski definition) is 4. The molecule has 1 aliphatic rings. The number of benzene rings is 2. The molecule has 0 bridgehead atoms. The van der Waals surface area contributed by atoms with Gasteiger partial charge in [0.05, 0.1) is 18.2 Å². The molecule has 10 heteroatoms. The van der Waals surface area contributed by atoms with Crippen molar-refractivity contribution in [2.75, 3.05) is 19.7 Å². The lowest BCUT2D eigenvalue weighted by atomic mass is 10.1. The summed E-state index contributed by atoms with van der Waals surface area (Å²) in [5.74, 6) is -1.44. The Bertz CT molecular complexity index is 1250. The molecule has 0 radical (unpaired) electrons. The van der Waals surface area contributed by atoms with Crippen LogP contribution in [0.1, 0.15) is 44.8 Å². The van der Waals surface area contributed by atoms with Gasteiger partial charge in [0.1, 0.15) is 12.4 Å². The molecule has 2 heterocycles. The molecule has 3 aromatic rings. The standard InChI is InChI=1S/C28H28F4N2O3S/c1-19-11-13-38-25(19)17-33(15-20-7-9-23(29)10-8-20)26(35)18-34(16-24-6-3-12-37-24)27(36)21-4-2-5-22(14-21)28(30,31)32/h2,4-5,7-11,13-14,24H,3,6,12,15-18H2,1H3. The van der Waals surface area contributed by atoms with Crippen molar-refractivity contribution in [1.82, 2.24) is 9.80 Å². The second-order valence-corrected chi connectivity index (χ2v) is 10.3. The minimum Gasteiger partial charge on any atom is -0.376 e. The number of aryl methyl sites for hydroxylation is 1. The van der Waals surface area contributed by atoms with Crippen LogP contribution in [0.5, 0.6) is 0 Å². The topological polar surface area (TPSA) is 49.9 Å². The molecule has 38 heavy (non-hydrogen) atoms. The molecule has 1 atom stereocenters. The van der Waals surface area contributed by atoms with Crippen molar-refractivity contribution in [3.05, 3.63) is 92.9 Å². The van der Waals surface area contributed by atoms with Gasteiger partial charge in [0.2, 0.25) is 5.91 Å². The van der Waals surface area contributed by atoms with E-state index >= 15 is 0 Å². The molecule has 5 nitrogen and oxygen atoms in total. The number of thiophene rings is 1. The number of carbonyl (C=O) groups is 2. The van der Waals surface area contributed by atoms with Crippen LogP contribution in [0.3, 0.4) is 0 Å². The number of rotatable bonds is 9. The van der Waals surface area contributed by atoms with Gasteiger partial charge in [0.15, 0.2) is 0 Å². The average molecular weight is 549 g/mol. The minimum absolute atomic E-state index is 0.0865. The molecule has 0 saturated carbocycles. The summed E-state index contributed by atoms with van der Waals surface area (Å²) < 4.78 is 59.0. The molecule has 4 rings (SSSR count). The summed E-state index contributed by atoms with van der Waals surface area (Å²) in [6.45, 7) is 2.68. The third-order valence-electron chi connectivity index (χ3n) is 6.44. The summed E-state index contributed by atoms with van der Waals surface area (Å²) in [5.41, 5.74) is 0.648. The molecule has 1 aliphatic heterocycles. The SMILES string of the molecule is Cc1ccsc1CN(Cc1ccc(F)cc1)C(=O)CN(CC1CCCO1)C(=O)c1cccc(C(F)(F)F)c1. The number of alkyl halides is 3. The first-order chi connectivity index (χ1) is 18.1. The molecular formula is C28H28F4N2O3S. The fourth-order valence-corrected chi connectivity index (χ4v) is 5.23. The van der Waals surface area contributed by atoms with Crippen LogP contribution < -0.4 is 0 Å². The predicted octanol–water partition coefficient (Wildman–Crippen LogP) is 6.06. The Morgan fingerprint density at radius 1 is 1.05 bits per heavy atom. The predicted molar refractivity (Wildman–Crippen MR) is 136 cm³/mol. The minimum atomic E-state index is -4.60. The second kappa shape index (κ2) is 12.1.